The van der Waals surface area contributed by atoms with Crippen LogP contribution in [0.15, 0.2) is 53.6 Å². The van der Waals surface area contributed by atoms with Crippen molar-refractivity contribution >= 4 is 35.0 Å². The number of hydrogen-bond donors (Lipinski definition) is 1. The van der Waals surface area contributed by atoms with E-state index in [9.17, 15) is 30.3 Å². The highest BCUT2D eigenvalue weighted by Crippen LogP contribution is 2.28. The largest absolute Gasteiger partial charge is 0.301 e. The maximum Gasteiger partial charge on any atom is 0.301 e. The minimum absolute atomic E-state index is 0.0315. The summed E-state index contributed by atoms with van der Waals surface area (Å²) in [6.07, 6.45) is 4.10. The minimum atomic E-state index is -0.770. The van der Waals surface area contributed by atoms with Gasteiger partial charge in [0, 0.05) is 18.3 Å². The average molecular weight is 357 g/mol. The van der Waals surface area contributed by atoms with Gasteiger partial charge < -0.3 is 0 Å². The number of anilines is 1. The fraction of sp³-hybridized carbons (Fsp3) is 0. The Morgan fingerprint density at radius 2 is 1.58 bits per heavy atom. The van der Waals surface area contributed by atoms with Crippen LogP contribution in [-0.2, 0) is 0 Å². The van der Waals surface area contributed by atoms with Crippen molar-refractivity contribution in [3.05, 3.63) is 84.4 Å². The smallest absolute Gasteiger partial charge is 0.272 e. The van der Waals surface area contributed by atoms with Crippen LogP contribution in [0.1, 0.15) is 5.56 Å². The number of nitrogens with zero attached hydrogens (tertiary/aromatic N) is 4. The Balaban J connectivity index is 2.13. The number of non-ortho nitro benzene ring substituents is 1. The van der Waals surface area contributed by atoms with E-state index in [1.807, 2.05) is 0 Å². The highest BCUT2D eigenvalue weighted by molar-refractivity contribution is 5.80. The molecule has 11 nitrogen and oxygen atoms in total. The summed E-state index contributed by atoms with van der Waals surface area (Å²) in [5.41, 5.74) is 1.75. The normalized spacial score (nSPS) is 10.9. The molecule has 0 fully saturated rings. The molecule has 0 unspecified atom stereocenters. The lowest BCUT2D eigenvalue weighted by atomic mass is 10.2. The van der Waals surface area contributed by atoms with Crippen molar-refractivity contribution in [2.75, 3.05) is 5.43 Å². The second kappa shape index (κ2) is 8.10. The van der Waals surface area contributed by atoms with Crippen LogP contribution in [0, 0.1) is 30.3 Å². The lowest BCUT2D eigenvalue weighted by molar-refractivity contribution is -0.393. The topological polar surface area (TPSA) is 154 Å². The molecule has 0 aromatic heterocycles. The monoisotopic (exact) mass is 357 g/mol. The van der Waals surface area contributed by atoms with Crippen molar-refractivity contribution in [1.82, 2.24) is 0 Å². The van der Waals surface area contributed by atoms with Gasteiger partial charge in [0.25, 0.3) is 11.4 Å². The zero-order valence-corrected chi connectivity index (χ0v) is 13.0. The maximum absolute atomic E-state index is 11.0. The van der Waals surface area contributed by atoms with Gasteiger partial charge in [0.15, 0.2) is 0 Å². The number of allylic oxidation sites excluding steroid dienone is 1. The number of nitro benzene ring substituents is 3. The van der Waals surface area contributed by atoms with E-state index < -0.39 is 26.1 Å². The van der Waals surface area contributed by atoms with E-state index in [1.54, 1.807) is 18.2 Å². The van der Waals surface area contributed by atoms with Crippen molar-refractivity contribution in [3.63, 3.8) is 0 Å². The summed E-state index contributed by atoms with van der Waals surface area (Å²) in [5, 5.41) is 36.3. The van der Waals surface area contributed by atoms with Crippen molar-refractivity contribution < 1.29 is 14.8 Å². The number of rotatable bonds is 7. The van der Waals surface area contributed by atoms with Crippen LogP contribution < -0.4 is 5.43 Å². The molecule has 0 aliphatic carbocycles. The first-order chi connectivity index (χ1) is 12.4. The number of hydrogen-bond acceptors (Lipinski definition) is 8. The van der Waals surface area contributed by atoms with E-state index >= 15 is 0 Å². The first-order valence-electron chi connectivity index (χ1n) is 7.02. The van der Waals surface area contributed by atoms with Gasteiger partial charge in [-0.05, 0) is 24.3 Å². The van der Waals surface area contributed by atoms with Gasteiger partial charge in [-0.15, -0.1) is 0 Å². The molecule has 11 heteroatoms. The zero-order valence-electron chi connectivity index (χ0n) is 13.0. The van der Waals surface area contributed by atoms with Crippen LogP contribution >= 0.6 is 0 Å². The van der Waals surface area contributed by atoms with Crippen LogP contribution in [0.25, 0.3) is 6.08 Å². The molecule has 0 radical (unpaired) electrons. The molecule has 26 heavy (non-hydrogen) atoms. The Kier molecular flexibility index (Phi) is 5.67. The molecule has 0 saturated carbocycles. The van der Waals surface area contributed by atoms with Crippen molar-refractivity contribution in [1.29, 1.82) is 0 Å². The van der Waals surface area contributed by atoms with Crippen molar-refractivity contribution in [2.45, 2.75) is 0 Å². The van der Waals surface area contributed by atoms with E-state index in [0.29, 0.717) is 5.56 Å². The third kappa shape index (κ3) is 4.44. The quantitative estimate of drug-likeness (QED) is 0.451. The summed E-state index contributed by atoms with van der Waals surface area (Å²) >= 11 is 0. The third-order valence-corrected chi connectivity index (χ3v) is 3.14. The second-order valence-electron chi connectivity index (χ2n) is 4.78. The predicted octanol–water partition coefficient (Wildman–Crippen LogP) is 3.52. The van der Waals surface area contributed by atoms with Crippen LogP contribution in [0.4, 0.5) is 22.7 Å². The minimum Gasteiger partial charge on any atom is -0.272 e. The van der Waals surface area contributed by atoms with Gasteiger partial charge in [-0.3, -0.25) is 35.8 Å². The Morgan fingerprint density at radius 1 is 0.885 bits per heavy atom. The van der Waals surface area contributed by atoms with Gasteiger partial charge in [-0.1, -0.05) is 12.1 Å². The fourth-order valence-electron chi connectivity index (χ4n) is 1.97. The summed E-state index contributed by atoms with van der Waals surface area (Å²) in [5.74, 6) is 0. The van der Waals surface area contributed by atoms with Gasteiger partial charge in [0.05, 0.1) is 26.4 Å². The summed E-state index contributed by atoms with van der Waals surface area (Å²) in [6.45, 7) is 0. The zero-order chi connectivity index (χ0) is 19.1. The Labute approximate surface area is 145 Å². The summed E-state index contributed by atoms with van der Waals surface area (Å²) in [6, 6.07) is 9.18. The van der Waals surface area contributed by atoms with Crippen molar-refractivity contribution in [3.8, 4) is 0 Å². The van der Waals surface area contributed by atoms with Crippen LogP contribution in [-0.4, -0.2) is 21.0 Å². The summed E-state index contributed by atoms with van der Waals surface area (Å²) in [7, 11) is 0. The van der Waals surface area contributed by atoms with E-state index in [2.05, 4.69) is 10.5 Å². The molecule has 0 bridgehead atoms. The SMILES string of the molecule is O=[N+]([O-])c1ccc(N/N=C/C=C/c2ccccc2[N+](=O)[O-])c([N+](=O)[O-])c1. The highest BCUT2D eigenvalue weighted by Gasteiger charge is 2.18. The standard InChI is InChI=1S/C15H11N5O6/c21-18(22)12-7-8-13(15(10-12)20(25)26)17-16-9-3-5-11-4-1-2-6-14(11)19(23)24/h1-10,17H/b5-3+,16-9+. The van der Waals surface area contributed by atoms with Gasteiger partial charge in [0.1, 0.15) is 5.69 Å². The first-order valence-corrected chi connectivity index (χ1v) is 7.02. The first kappa shape index (κ1) is 18.2. The van der Waals surface area contributed by atoms with E-state index in [0.717, 1.165) is 12.1 Å². The molecule has 0 aliphatic rings. The third-order valence-electron chi connectivity index (χ3n) is 3.14. The van der Waals surface area contributed by atoms with Crippen LogP contribution in [0.5, 0.6) is 0 Å². The van der Waals surface area contributed by atoms with E-state index in [4.69, 9.17) is 0 Å². The number of benzene rings is 2. The Hall–Kier alpha value is -4.15. The molecule has 0 aliphatic heterocycles. The maximum atomic E-state index is 11.0. The van der Waals surface area contributed by atoms with Crippen molar-refractivity contribution in [2.24, 2.45) is 5.10 Å². The lowest BCUT2D eigenvalue weighted by Crippen LogP contribution is -1.98. The Morgan fingerprint density at radius 3 is 2.23 bits per heavy atom. The molecule has 0 atom stereocenters. The molecule has 2 rings (SSSR count). The molecule has 0 amide bonds. The fourth-order valence-corrected chi connectivity index (χ4v) is 1.97. The predicted molar refractivity (Wildman–Crippen MR) is 94.0 cm³/mol. The number of nitro groups is 3. The molecule has 0 spiro atoms. The second-order valence-corrected chi connectivity index (χ2v) is 4.78. The van der Waals surface area contributed by atoms with Gasteiger partial charge in [-0.25, -0.2) is 0 Å². The van der Waals surface area contributed by atoms with Gasteiger partial charge >= 0.3 is 5.69 Å². The molecule has 0 heterocycles. The molecular formula is C15H11N5O6. The molecular weight excluding hydrogens is 346 g/mol. The molecule has 0 saturated heterocycles. The summed E-state index contributed by atoms with van der Waals surface area (Å²) < 4.78 is 0. The van der Waals surface area contributed by atoms with Gasteiger partial charge in [0.2, 0.25) is 0 Å². The molecule has 132 valence electrons. The molecule has 2 aromatic carbocycles. The van der Waals surface area contributed by atoms with Crippen LogP contribution in [0.3, 0.4) is 0 Å². The number of hydrazone groups is 1. The highest BCUT2D eigenvalue weighted by atomic mass is 16.6. The van der Waals surface area contributed by atoms with Crippen LogP contribution in [0.2, 0.25) is 0 Å². The molecule has 1 N–H and O–H groups in total. The lowest BCUT2D eigenvalue weighted by Gasteiger charge is -2.01. The average Bonchev–Trinajstić information content (AvgIpc) is 2.61. The summed E-state index contributed by atoms with van der Waals surface area (Å²) in [4.78, 5) is 30.5. The van der Waals surface area contributed by atoms with Gasteiger partial charge in [-0.2, -0.15) is 5.10 Å². The number of nitrogens with one attached hydrogen (secondary N) is 1. The number of para-hydroxylation sites is 1. The van der Waals surface area contributed by atoms with E-state index in [-0.39, 0.29) is 11.4 Å². The Bertz CT molecular complexity index is 924. The van der Waals surface area contributed by atoms with E-state index in [1.165, 1.54) is 30.5 Å². The molecule has 2 aromatic rings.